The SMILES string of the molecule is CC(=O)c1ccc(C#N)cc1N1CCC2CCCCC2C1. The first-order valence-electron chi connectivity index (χ1n) is 7.99. The number of benzene rings is 1. The molecule has 0 amide bonds. The van der Waals surface area contributed by atoms with E-state index in [1.807, 2.05) is 12.1 Å². The van der Waals surface area contributed by atoms with E-state index in [9.17, 15) is 4.79 Å². The van der Waals surface area contributed by atoms with Gasteiger partial charge in [0.15, 0.2) is 5.78 Å². The average Bonchev–Trinajstić information content (AvgIpc) is 2.53. The van der Waals surface area contributed by atoms with Gasteiger partial charge in [-0.25, -0.2) is 0 Å². The number of Topliss-reactive ketones (excluding diaryl/α,β-unsaturated/α-hetero) is 1. The molecule has 1 aliphatic heterocycles. The lowest BCUT2D eigenvalue weighted by Crippen LogP contribution is -2.42. The van der Waals surface area contributed by atoms with Crippen LogP contribution in [0.3, 0.4) is 0 Å². The molecule has 0 N–H and O–H groups in total. The minimum absolute atomic E-state index is 0.0836. The highest BCUT2D eigenvalue weighted by Crippen LogP contribution is 2.38. The van der Waals surface area contributed by atoms with Crippen LogP contribution in [0, 0.1) is 23.2 Å². The van der Waals surface area contributed by atoms with Crippen molar-refractivity contribution >= 4 is 11.5 Å². The van der Waals surface area contributed by atoms with Crippen molar-refractivity contribution in [2.45, 2.75) is 39.0 Å². The van der Waals surface area contributed by atoms with Gasteiger partial charge in [-0.1, -0.05) is 19.3 Å². The summed E-state index contributed by atoms with van der Waals surface area (Å²) in [5, 5.41) is 9.12. The van der Waals surface area contributed by atoms with Crippen LogP contribution >= 0.6 is 0 Å². The molecule has 0 radical (unpaired) electrons. The van der Waals surface area contributed by atoms with E-state index in [0.29, 0.717) is 5.56 Å². The van der Waals surface area contributed by atoms with Crippen LogP contribution < -0.4 is 4.90 Å². The maximum absolute atomic E-state index is 11.9. The third kappa shape index (κ3) is 2.81. The quantitative estimate of drug-likeness (QED) is 0.775. The zero-order valence-electron chi connectivity index (χ0n) is 12.6. The Kier molecular flexibility index (Phi) is 3.96. The molecule has 2 aliphatic rings. The monoisotopic (exact) mass is 282 g/mol. The molecule has 1 aliphatic carbocycles. The summed E-state index contributed by atoms with van der Waals surface area (Å²) in [5.74, 6) is 1.72. The van der Waals surface area contributed by atoms with Crippen molar-refractivity contribution in [2.75, 3.05) is 18.0 Å². The van der Waals surface area contributed by atoms with Crippen LogP contribution in [0.15, 0.2) is 18.2 Å². The van der Waals surface area contributed by atoms with Crippen molar-refractivity contribution in [3.8, 4) is 6.07 Å². The number of anilines is 1. The first-order valence-corrected chi connectivity index (χ1v) is 7.99. The van der Waals surface area contributed by atoms with E-state index >= 15 is 0 Å². The predicted molar refractivity (Wildman–Crippen MR) is 83.4 cm³/mol. The summed E-state index contributed by atoms with van der Waals surface area (Å²) in [7, 11) is 0. The van der Waals surface area contributed by atoms with Gasteiger partial charge in [-0.2, -0.15) is 5.26 Å². The summed E-state index contributed by atoms with van der Waals surface area (Å²) in [4.78, 5) is 14.2. The van der Waals surface area contributed by atoms with Gasteiger partial charge in [0.25, 0.3) is 0 Å². The second-order valence-corrected chi connectivity index (χ2v) is 6.44. The van der Waals surface area contributed by atoms with Gasteiger partial charge in [0, 0.05) is 24.3 Å². The van der Waals surface area contributed by atoms with Crippen LogP contribution in [0.25, 0.3) is 0 Å². The van der Waals surface area contributed by atoms with E-state index in [2.05, 4.69) is 11.0 Å². The fourth-order valence-electron chi connectivity index (χ4n) is 3.98. The summed E-state index contributed by atoms with van der Waals surface area (Å²) in [6, 6.07) is 7.63. The third-order valence-corrected chi connectivity index (χ3v) is 5.14. The second-order valence-electron chi connectivity index (χ2n) is 6.44. The number of hydrogen-bond donors (Lipinski definition) is 0. The van der Waals surface area contributed by atoms with Crippen molar-refractivity contribution in [1.29, 1.82) is 5.26 Å². The number of piperidine rings is 1. The van der Waals surface area contributed by atoms with Gasteiger partial charge in [0.2, 0.25) is 0 Å². The van der Waals surface area contributed by atoms with E-state index in [1.54, 1.807) is 13.0 Å². The lowest BCUT2D eigenvalue weighted by Gasteiger charge is -2.42. The summed E-state index contributed by atoms with van der Waals surface area (Å²) in [5.41, 5.74) is 2.36. The normalized spacial score (nSPS) is 25.0. The Morgan fingerprint density at radius 1 is 1.24 bits per heavy atom. The highest BCUT2D eigenvalue weighted by molar-refractivity contribution is 6.00. The van der Waals surface area contributed by atoms with Crippen LogP contribution in [0.4, 0.5) is 5.69 Å². The van der Waals surface area contributed by atoms with Gasteiger partial charge in [0.05, 0.1) is 11.6 Å². The molecule has 2 atom stereocenters. The number of ketones is 1. The fraction of sp³-hybridized carbons (Fsp3) is 0.556. The molecular weight excluding hydrogens is 260 g/mol. The predicted octanol–water partition coefficient (Wildman–Crippen LogP) is 3.78. The van der Waals surface area contributed by atoms with Gasteiger partial charge in [-0.3, -0.25) is 4.79 Å². The third-order valence-electron chi connectivity index (χ3n) is 5.14. The number of hydrogen-bond acceptors (Lipinski definition) is 3. The number of nitriles is 1. The van der Waals surface area contributed by atoms with Gasteiger partial charge >= 0.3 is 0 Å². The van der Waals surface area contributed by atoms with Crippen LogP contribution in [0.5, 0.6) is 0 Å². The molecule has 3 heteroatoms. The maximum atomic E-state index is 11.9. The highest BCUT2D eigenvalue weighted by Gasteiger charge is 2.32. The van der Waals surface area contributed by atoms with Gasteiger partial charge in [-0.15, -0.1) is 0 Å². The first kappa shape index (κ1) is 14.1. The Bertz CT molecular complexity index is 587. The Morgan fingerprint density at radius 2 is 2.00 bits per heavy atom. The van der Waals surface area contributed by atoms with E-state index in [1.165, 1.54) is 32.1 Å². The molecule has 2 fully saturated rings. The second kappa shape index (κ2) is 5.89. The number of carbonyl (C=O) groups is 1. The molecule has 1 saturated heterocycles. The Labute approximate surface area is 126 Å². The number of nitrogens with zero attached hydrogens (tertiary/aromatic N) is 2. The van der Waals surface area contributed by atoms with E-state index in [4.69, 9.17) is 5.26 Å². The lowest BCUT2D eigenvalue weighted by atomic mass is 9.75. The Hall–Kier alpha value is -1.82. The van der Waals surface area contributed by atoms with Crippen molar-refractivity contribution in [2.24, 2.45) is 11.8 Å². The van der Waals surface area contributed by atoms with Crippen molar-refractivity contribution in [1.82, 2.24) is 0 Å². The molecule has 2 unspecified atom stereocenters. The standard InChI is InChI=1S/C18H22N2O/c1-13(21)17-7-6-14(11-19)10-18(17)20-9-8-15-4-2-3-5-16(15)12-20/h6-7,10,15-16H,2-5,8-9,12H2,1H3. The van der Waals surface area contributed by atoms with Crippen LogP contribution in [0.2, 0.25) is 0 Å². The first-order chi connectivity index (χ1) is 10.2. The molecule has 1 aromatic carbocycles. The lowest BCUT2D eigenvalue weighted by molar-refractivity contribution is 0.101. The van der Waals surface area contributed by atoms with Crippen LogP contribution in [-0.2, 0) is 0 Å². The molecule has 0 aromatic heterocycles. The fourth-order valence-corrected chi connectivity index (χ4v) is 3.98. The molecule has 3 nitrogen and oxygen atoms in total. The van der Waals surface area contributed by atoms with Gasteiger partial charge in [-0.05, 0) is 49.8 Å². The zero-order chi connectivity index (χ0) is 14.8. The van der Waals surface area contributed by atoms with Crippen LogP contribution in [-0.4, -0.2) is 18.9 Å². The molecule has 3 rings (SSSR count). The van der Waals surface area contributed by atoms with Crippen molar-refractivity contribution in [3.05, 3.63) is 29.3 Å². The molecule has 0 bridgehead atoms. The van der Waals surface area contributed by atoms with E-state index in [-0.39, 0.29) is 5.78 Å². The molecule has 0 spiro atoms. The smallest absolute Gasteiger partial charge is 0.161 e. The summed E-state index contributed by atoms with van der Waals surface area (Å²) >= 11 is 0. The molecule has 1 aromatic rings. The van der Waals surface area contributed by atoms with Gasteiger partial charge in [0.1, 0.15) is 0 Å². The zero-order valence-corrected chi connectivity index (χ0v) is 12.6. The van der Waals surface area contributed by atoms with Crippen molar-refractivity contribution < 1.29 is 4.79 Å². The Balaban J connectivity index is 1.89. The molecule has 1 saturated carbocycles. The average molecular weight is 282 g/mol. The Morgan fingerprint density at radius 3 is 2.71 bits per heavy atom. The van der Waals surface area contributed by atoms with Gasteiger partial charge < -0.3 is 4.90 Å². The maximum Gasteiger partial charge on any atom is 0.161 e. The number of fused-ring (bicyclic) bond motifs is 1. The largest absolute Gasteiger partial charge is 0.371 e. The topological polar surface area (TPSA) is 44.1 Å². The minimum Gasteiger partial charge on any atom is -0.371 e. The molecule has 21 heavy (non-hydrogen) atoms. The molecule has 1 heterocycles. The minimum atomic E-state index is 0.0836. The summed E-state index contributed by atoms with van der Waals surface area (Å²) in [6.07, 6.45) is 6.63. The summed E-state index contributed by atoms with van der Waals surface area (Å²) < 4.78 is 0. The van der Waals surface area contributed by atoms with E-state index in [0.717, 1.165) is 36.2 Å². The van der Waals surface area contributed by atoms with Crippen LogP contribution in [0.1, 0.15) is 54.9 Å². The van der Waals surface area contributed by atoms with E-state index < -0.39 is 0 Å². The molecular formula is C18H22N2O. The number of carbonyl (C=O) groups excluding carboxylic acids is 1. The molecule has 110 valence electrons. The number of rotatable bonds is 2. The highest BCUT2D eigenvalue weighted by atomic mass is 16.1. The summed E-state index contributed by atoms with van der Waals surface area (Å²) in [6.45, 7) is 3.66. The van der Waals surface area contributed by atoms with Crippen molar-refractivity contribution in [3.63, 3.8) is 0 Å².